The molecule has 0 aliphatic carbocycles. The predicted octanol–water partition coefficient (Wildman–Crippen LogP) is 5.92. The highest BCUT2D eigenvalue weighted by molar-refractivity contribution is 5.86. The fourth-order valence-corrected chi connectivity index (χ4v) is 5.85. The van der Waals surface area contributed by atoms with Crippen LogP contribution < -0.4 is 9.64 Å². The number of hydrogen-bond donors (Lipinski definition) is 2. The van der Waals surface area contributed by atoms with Crippen molar-refractivity contribution >= 4 is 33.4 Å². The lowest BCUT2D eigenvalue weighted by atomic mass is 10.0. The largest absolute Gasteiger partial charge is 0.450 e. The van der Waals surface area contributed by atoms with Crippen molar-refractivity contribution in [3.8, 4) is 33.8 Å². The second kappa shape index (κ2) is 10.6. The van der Waals surface area contributed by atoms with Crippen molar-refractivity contribution in [1.29, 1.82) is 0 Å². The summed E-state index contributed by atoms with van der Waals surface area (Å²) in [7, 11) is 0. The molecule has 0 bridgehead atoms. The van der Waals surface area contributed by atoms with Gasteiger partial charge in [0.25, 0.3) is 0 Å². The number of ether oxygens (including phenoxy) is 2. The third kappa shape index (κ3) is 4.64. The van der Waals surface area contributed by atoms with Gasteiger partial charge in [-0.25, -0.2) is 9.97 Å². The van der Waals surface area contributed by atoms with Crippen molar-refractivity contribution in [2.24, 2.45) is 0 Å². The SMILES string of the molecule is c1cc2[nH]ncc2cc1-c1cnc2c(c1)Oc1cc(-c3ccc4[nH]ncc4c3)cnc1N2CCCCN1CCOCC1. The van der Waals surface area contributed by atoms with Crippen LogP contribution in [0.25, 0.3) is 44.1 Å². The fourth-order valence-electron chi connectivity index (χ4n) is 5.85. The fraction of sp³-hybridized carbons (Fsp3) is 0.250. The van der Waals surface area contributed by atoms with E-state index in [0.29, 0.717) is 0 Å². The molecular formula is C32H30N8O2. The molecule has 0 saturated carbocycles. The highest BCUT2D eigenvalue weighted by Crippen LogP contribution is 2.47. The lowest BCUT2D eigenvalue weighted by Crippen LogP contribution is -2.37. The number of aromatic amines is 2. The van der Waals surface area contributed by atoms with E-state index < -0.39 is 0 Å². The van der Waals surface area contributed by atoms with Crippen LogP contribution in [0.3, 0.4) is 0 Å². The molecule has 210 valence electrons. The predicted molar refractivity (Wildman–Crippen MR) is 162 cm³/mol. The number of rotatable bonds is 7. The van der Waals surface area contributed by atoms with Gasteiger partial charge in [-0.05, 0) is 66.9 Å². The standard InChI is InChI=1S/C32H30N8O2/c1(7-39-9-11-41-12-10-39)2-8-40-31-29(15-23(17-33-31)21-3-5-27-25(13-21)19-35-37-27)42-30-16-24(18-34-32(30)40)22-4-6-28-26(14-22)20-36-38-28/h3-6,13-20H,1-2,7-12H2,(H,35,37)(H,36,38). The number of fused-ring (bicyclic) bond motifs is 4. The molecule has 10 heteroatoms. The van der Waals surface area contributed by atoms with Crippen molar-refractivity contribution < 1.29 is 9.47 Å². The van der Waals surface area contributed by atoms with E-state index in [9.17, 15) is 0 Å². The Kier molecular flexibility index (Phi) is 6.27. The first-order chi connectivity index (χ1) is 20.8. The van der Waals surface area contributed by atoms with Gasteiger partial charge < -0.3 is 14.4 Å². The summed E-state index contributed by atoms with van der Waals surface area (Å²) in [5.41, 5.74) is 6.11. The number of hydrogen-bond acceptors (Lipinski definition) is 8. The molecule has 8 rings (SSSR count). The van der Waals surface area contributed by atoms with Gasteiger partial charge in [-0.3, -0.25) is 15.1 Å². The summed E-state index contributed by atoms with van der Waals surface area (Å²) in [4.78, 5) is 14.5. The number of morpholine rings is 1. The van der Waals surface area contributed by atoms with E-state index in [-0.39, 0.29) is 0 Å². The lowest BCUT2D eigenvalue weighted by molar-refractivity contribution is 0.0373. The highest BCUT2D eigenvalue weighted by atomic mass is 16.5. The number of nitrogens with zero attached hydrogens (tertiary/aromatic N) is 6. The van der Waals surface area contributed by atoms with Crippen LogP contribution in [0.1, 0.15) is 12.8 Å². The number of pyridine rings is 2. The van der Waals surface area contributed by atoms with Crippen LogP contribution >= 0.6 is 0 Å². The Labute approximate surface area is 242 Å². The minimum Gasteiger partial charge on any atom is -0.450 e. The van der Waals surface area contributed by atoms with Crippen molar-refractivity contribution in [2.45, 2.75) is 12.8 Å². The van der Waals surface area contributed by atoms with Gasteiger partial charge in [0.2, 0.25) is 0 Å². The van der Waals surface area contributed by atoms with Crippen molar-refractivity contribution in [1.82, 2.24) is 35.3 Å². The molecule has 6 heterocycles. The Hall–Kier alpha value is -4.80. The van der Waals surface area contributed by atoms with Crippen LogP contribution in [0.2, 0.25) is 0 Å². The number of anilines is 2. The van der Waals surface area contributed by atoms with Gasteiger partial charge in [-0.2, -0.15) is 10.2 Å². The highest BCUT2D eigenvalue weighted by Gasteiger charge is 2.28. The molecule has 0 amide bonds. The number of nitrogens with one attached hydrogen (secondary N) is 2. The molecule has 6 aromatic rings. The number of unbranched alkanes of at least 4 members (excludes halogenated alkanes) is 1. The zero-order valence-electron chi connectivity index (χ0n) is 23.1. The summed E-state index contributed by atoms with van der Waals surface area (Å²) in [6.45, 7) is 5.53. The van der Waals surface area contributed by atoms with Gasteiger partial charge in [0.1, 0.15) is 0 Å². The average Bonchev–Trinajstić information content (AvgIpc) is 3.71. The maximum Gasteiger partial charge on any atom is 0.177 e. The second-order valence-electron chi connectivity index (χ2n) is 10.9. The van der Waals surface area contributed by atoms with Gasteiger partial charge in [-0.1, -0.05) is 12.1 Å². The summed E-state index contributed by atoms with van der Waals surface area (Å²) < 4.78 is 12.1. The molecule has 2 aliphatic heterocycles. The van der Waals surface area contributed by atoms with E-state index in [1.807, 2.05) is 36.9 Å². The van der Waals surface area contributed by atoms with Crippen LogP contribution in [-0.4, -0.2) is 74.7 Å². The summed E-state index contributed by atoms with van der Waals surface area (Å²) in [5.74, 6) is 3.04. The molecule has 1 saturated heterocycles. The number of benzene rings is 2. The van der Waals surface area contributed by atoms with Gasteiger partial charge in [-0.15, -0.1) is 0 Å². The monoisotopic (exact) mass is 558 g/mol. The summed E-state index contributed by atoms with van der Waals surface area (Å²) in [6, 6.07) is 16.6. The van der Waals surface area contributed by atoms with Crippen LogP contribution in [0.5, 0.6) is 11.5 Å². The smallest absolute Gasteiger partial charge is 0.177 e. The third-order valence-corrected chi connectivity index (χ3v) is 8.15. The molecule has 2 aliphatic rings. The Morgan fingerprint density at radius 1 is 0.643 bits per heavy atom. The van der Waals surface area contributed by atoms with Gasteiger partial charge in [0.05, 0.1) is 36.6 Å². The van der Waals surface area contributed by atoms with Gasteiger partial charge in [0, 0.05) is 53.9 Å². The van der Waals surface area contributed by atoms with E-state index in [0.717, 1.165) is 119 Å². The Morgan fingerprint density at radius 3 is 1.81 bits per heavy atom. The molecule has 2 N–H and O–H groups in total. The maximum absolute atomic E-state index is 6.55. The zero-order chi connectivity index (χ0) is 27.9. The topological polar surface area (TPSA) is 108 Å². The van der Waals surface area contributed by atoms with E-state index >= 15 is 0 Å². The van der Waals surface area contributed by atoms with Crippen molar-refractivity contribution in [3.05, 3.63) is 73.3 Å². The minimum absolute atomic E-state index is 0.727. The van der Waals surface area contributed by atoms with Crippen LogP contribution in [0.4, 0.5) is 11.6 Å². The molecule has 0 radical (unpaired) electrons. The van der Waals surface area contributed by atoms with Crippen LogP contribution in [0, 0.1) is 0 Å². The number of H-pyrrole nitrogens is 2. The van der Waals surface area contributed by atoms with E-state index in [1.54, 1.807) is 0 Å². The first kappa shape index (κ1) is 25.0. The van der Waals surface area contributed by atoms with Crippen LogP contribution in [0.15, 0.2) is 73.3 Å². The first-order valence-corrected chi connectivity index (χ1v) is 14.4. The normalized spacial score (nSPS) is 15.1. The molecule has 10 nitrogen and oxygen atoms in total. The molecule has 1 fully saturated rings. The molecule has 0 atom stereocenters. The second-order valence-corrected chi connectivity index (χ2v) is 10.9. The van der Waals surface area contributed by atoms with E-state index in [2.05, 4.69) is 66.6 Å². The maximum atomic E-state index is 6.55. The summed E-state index contributed by atoms with van der Waals surface area (Å²) >= 11 is 0. The number of aromatic nitrogens is 6. The molecular weight excluding hydrogens is 528 g/mol. The van der Waals surface area contributed by atoms with E-state index in [4.69, 9.17) is 19.4 Å². The first-order valence-electron chi connectivity index (χ1n) is 14.4. The molecule has 4 aromatic heterocycles. The van der Waals surface area contributed by atoms with Gasteiger partial charge in [0.15, 0.2) is 23.1 Å². The Balaban J connectivity index is 1.12. The Morgan fingerprint density at radius 2 is 1.21 bits per heavy atom. The quantitative estimate of drug-likeness (QED) is 0.233. The third-order valence-electron chi connectivity index (χ3n) is 8.15. The van der Waals surface area contributed by atoms with Gasteiger partial charge >= 0.3 is 0 Å². The van der Waals surface area contributed by atoms with Crippen molar-refractivity contribution in [3.63, 3.8) is 0 Å². The molecule has 42 heavy (non-hydrogen) atoms. The summed E-state index contributed by atoms with van der Waals surface area (Å²) in [5, 5.41) is 16.5. The van der Waals surface area contributed by atoms with Crippen LogP contribution in [-0.2, 0) is 4.74 Å². The summed E-state index contributed by atoms with van der Waals surface area (Å²) in [6.07, 6.45) is 9.62. The van der Waals surface area contributed by atoms with E-state index in [1.165, 1.54) is 0 Å². The zero-order valence-corrected chi connectivity index (χ0v) is 23.1. The minimum atomic E-state index is 0.727. The molecule has 2 aromatic carbocycles. The molecule has 0 unspecified atom stereocenters. The lowest BCUT2D eigenvalue weighted by Gasteiger charge is -2.31. The average molecular weight is 559 g/mol. The Bertz CT molecular complexity index is 1770. The molecule has 0 spiro atoms. The van der Waals surface area contributed by atoms with Crippen molar-refractivity contribution in [2.75, 3.05) is 44.3 Å².